The van der Waals surface area contributed by atoms with E-state index < -0.39 is 5.97 Å². The maximum atomic E-state index is 10.6. The van der Waals surface area contributed by atoms with Crippen LogP contribution in [0.2, 0.25) is 0 Å². The molecule has 0 atom stereocenters. The number of carboxylic acid groups (broad SMARTS) is 1. The fourth-order valence-corrected chi connectivity index (χ4v) is 2.47. The average Bonchev–Trinajstić information content (AvgIpc) is 3.19. The lowest BCUT2D eigenvalue weighted by Crippen LogP contribution is -2.00. The van der Waals surface area contributed by atoms with Crippen molar-refractivity contribution in [2.24, 2.45) is 0 Å². The van der Waals surface area contributed by atoms with Gasteiger partial charge in [-0.1, -0.05) is 30.3 Å². The number of aliphatic carboxylic acids is 1. The van der Waals surface area contributed by atoms with Crippen LogP contribution in [-0.4, -0.2) is 32.9 Å². The molecule has 0 fully saturated rings. The molecule has 0 spiro atoms. The van der Waals surface area contributed by atoms with Crippen molar-refractivity contribution in [2.75, 3.05) is 6.61 Å². The minimum absolute atomic E-state index is 0.495. The first-order chi connectivity index (χ1) is 12.7. The van der Waals surface area contributed by atoms with Gasteiger partial charge >= 0.3 is 5.97 Å². The Hall–Kier alpha value is -3.25. The molecule has 2 heterocycles. The zero-order valence-electron chi connectivity index (χ0n) is 14.1. The molecule has 0 aliphatic rings. The number of benzene rings is 1. The molecule has 26 heavy (non-hydrogen) atoms. The maximum absolute atomic E-state index is 10.6. The number of ether oxygens (including phenoxy) is 1. The number of aromatic amines is 1. The molecule has 0 saturated heterocycles. The molecule has 3 rings (SSSR count). The van der Waals surface area contributed by atoms with Crippen LogP contribution in [0.3, 0.4) is 0 Å². The van der Waals surface area contributed by atoms with Crippen LogP contribution in [0, 0.1) is 0 Å². The predicted octanol–water partition coefficient (Wildman–Crippen LogP) is 3.33. The van der Waals surface area contributed by atoms with E-state index in [1.165, 1.54) is 0 Å². The van der Waals surface area contributed by atoms with Crippen molar-refractivity contribution in [1.29, 1.82) is 0 Å². The van der Waals surface area contributed by atoms with Gasteiger partial charge in [0.15, 0.2) is 0 Å². The topological polar surface area (TPSA) is 88.1 Å². The van der Waals surface area contributed by atoms with E-state index in [1.807, 2.05) is 42.5 Å². The van der Waals surface area contributed by atoms with Gasteiger partial charge in [-0.15, -0.1) is 0 Å². The molecule has 0 bridgehead atoms. The van der Waals surface area contributed by atoms with Crippen LogP contribution in [0.15, 0.2) is 60.9 Å². The lowest BCUT2D eigenvalue weighted by Gasteiger charge is -2.06. The van der Waals surface area contributed by atoms with Gasteiger partial charge in [-0.3, -0.25) is 10.1 Å². The second kappa shape index (κ2) is 8.73. The Morgan fingerprint density at radius 3 is 2.85 bits per heavy atom. The number of pyridine rings is 1. The largest absolute Gasteiger partial charge is 0.478 e. The third-order valence-electron chi connectivity index (χ3n) is 3.77. The Morgan fingerprint density at radius 1 is 1.19 bits per heavy atom. The van der Waals surface area contributed by atoms with Crippen molar-refractivity contribution in [3.05, 3.63) is 77.6 Å². The van der Waals surface area contributed by atoms with E-state index in [1.54, 1.807) is 18.5 Å². The summed E-state index contributed by atoms with van der Waals surface area (Å²) >= 11 is 0. The first-order valence-electron chi connectivity index (χ1n) is 8.23. The van der Waals surface area contributed by atoms with Crippen LogP contribution in [0.1, 0.15) is 16.7 Å². The highest BCUT2D eigenvalue weighted by molar-refractivity contribution is 5.85. The van der Waals surface area contributed by atoms with Gasteiger partial charge in [0.25, 0.3) is 0 Å². The van der Waals surface area contributed by atoms with Crippen LogP contribution in [0.4, 0.5) is 0 Å². The van der Waals surface area contributed by atoms with E-state index in [9.17, 15) is 4.79 Å². The summed E-state index contributed by atoms with van der Waals surface area (Å²) in [4.78, 5) is 15.0. The van der Waals surface area contributed by atoms with E-state index in [0.717, 1.165) is 40.6 Å². The summed E-state index contributed by atoms with van der Waals surface area (Å²) in [6.45, 7) is 1.07. The average molecular weight is 349 g/mol. The molecule has 1 aromatic carbocycles. The van der Waals surface area contributed by atoms with Crippen LogP contribution in [-0.2, 0) is 22.6 Å². The zero-order chi connectivity index (χ0) is 18.2. The molecule has 0 aliphatic carbocycles. The van der Waals surface area contributed by atoms with Gasteiger partial charge in [-0.05, 0) is 41.3 Å². The van der Waals surface area contributed by atoms with Crippen molar-refractivity contribution in [2.45, 2.75) is 13.0 Å². The van der Waals surface area contributed by atoms with E-state index in [0.29, 0.717) is 13.2 Å². The Morgan fingerprint density at radius 2 is 2.12 bits per heavy atom. The first-order valence-corrected chi connectivity index (χ1v) is 8.23. The van der Waals surface area contributed by atoms with Crippen molar-refractivity contribution < 1.29 is 14.6 Å². The standard InChI is InChI=1S/C20H19N3O3/c24-20(25)7-5-15-2-1-3-16(12-15)9-11-26-14-17-4-6-18(21-13-17)19-8-10-22-23-19/h1-8,10,12-13H,9,11,14H2,(H,22,23)(H,24,25)/b7-5+. The number of nitrogens with one attached hydrogen (secondary N) is 1. The molecule has 0 aliphatic heterocycles. The minimum atomic E-state index is -0.953. The highest BCUT2D eigenvalue weighted by Crippen LogP contribution is 2.14. The highest BCUT2D eigenvalue weighted by atomic mass is 16.5. The van der Waals surface area contributed by atoms with Crippen LogP contribution < -0.4 is 0 Å². The molecule has 2 aromatic heterocycles. The Balaban J connectivity index is 1.47. The van der Waals surface area contributed by atoms with Crippen molar-refractivity contribution in [3.63, 3.8) is 0 Å². The van der Waals surface area contributed by atoms with Gasteiger partial charge in [-0.2, -0.15) is 5.10 Å². The van der Waals surface area contributed by atoms with Gasteiger partial charge in [0.1, 0.15) is 0 Å². The SMILES string of the molecule is O=C(O)/C=C/c1cccc(CCOCc2ccc(-c3ccn[nH]3)nc2)c1. The van der Waals surface area contributed by atoms with Gasteiger partial charge < -0.3 is 9.84 Å². The summed E-state index contributed by atoms with van der Waals surface area (Å²) in [5, 5.41) is 15.5. The zero-order valence-corrected chi connectivity index (χ0v) is 14.1. The number of carbonyl (C=O) groups is 1. The third-order valence-corrected chi connectivity index (χ3v) is 3.77. The first kappa shape index (κ1) is 17.6. The molecular weight excluding hydrogens is 330 g/mol. The van der Waals surface area contributed by atoms with E-state index in [4.69, 9.17) is 9.84 Å². The molecule has 3 aromatic rings. The number of H-pyrrole nitrogens is 1. The maximum Gasteiger partial charge on any atom is 0.328 e. The second-order valence-corrected chi connectivity index (χ2v) is 5.74. The van der Waals surface area contributed by atoms with Crippen LogP contribution in [0.5, 0.6) is 0 Å². The number of aromatic nitrogens is 3. The predicted molar refractivity (Wildman–Crippen MR) is 98.3 cm³/mol. The molecule has 0 unspecified atom stereocenters. The summed E-state index contributed by atoms with van der Waals surface area (Å²) in [6.07, 6.45) is 6.97. The lowest BCUT2D eigenvalue weighted by atomic mass is 10.1. The summed E-state index contributed by atoms with van der Waals surface area (Å²) in [6, 6.07) is 13.5. The number of hydrogen-bond donors (Lipinski definition) is 2. The number of hydrogen-bond acceptors (Lipinski definition) is 4. The van der Waals surface area contributed by atoms with Crippen LogP contribution in [0.25, 0.3) is 17.5 Å². The molecular formula is C20H19N3O3. The molecule has 6 heteroatoms. The molecule has 132 valence electrons. The Bertz CT molecular complexity index is 872. The summed E-state index contributed by atoms with van der Waals surface area (Å²) in [5.74, 6) is -0.953. The summed E-state index contributed by atoms with van der Waals surface area (Å²) in [7, 11) is 0. The Labute approximate surface area is 151 Å². The van der Waals surface area contributed by atoms with Gasteiger partial charge in [0.2, 0.25) is 0 Å². The van der Waals surface area contributed by atoms with Gasteiger partial charge in [0, 0.05) is 18.5 Å². The van der Waals surface area contributed by atoms with Gasteiger partial charge in [0.05, 0.1) is 24.6 Å². The summed E-state index contributed by atoms with van der Waals surface area (Å²) in [5.41, 5.74) is 4.70. The van der Waals surface area contributed by atoms with Gasteiger partial charge in [-0.25, -0.2) is 4.79 Å². The monoisotopic (exact) mass is 349 g/mol. The van der Waals surface area contributed by atoms with Crippen LogP contribution >= 0.6 is 0 Å². The molecule has 0 amide bonds. The molecule has 0 radical (unpaired) electrons. The Kier molecular flexibility index (Phi) is 5.90. The quantitative estimate of drug-likeness (QED) is 0.481. The third kappa shape index (κ3) is 5.12. The highest BCUT2D eigenvalue weighted by Gasteiger charge is 2.01. The van der Waals surface area contributed by atoms with Crippen molar-refractivity contribution >= 4 is 12.0 Å². The molecule has 6 nitrogen and oxygen atoms in total. The van der Waals surface area contributed by atoms with E-state index >= 15 is 0 Å². The minimum Gasteiger partial charge on any atom is -0.478 e. The number of nitrogens with zero attached hydrogens (tertiary/aromatic N) is 2. The fourth-order valence-electron chi connectivity index (χ4n) is 2.47. The summed E-state index contributed by atoms with van der Waals surface area (Å²) < 4.78 is 5.72. The smallest absolute Gasteiger partial charge is 0.328 e. The normalized spacial score (nSPS) is 11.1. The second-order valence-electron chi connectivity index (χ2n) is 5.74. The van der Waals surface area contributed by atoms with E-state index in [2.05, 4.69) is 15.2 Å². The van der Waals surface area contributed by atoms with Crippen molar-refractivity contribution in [1.82, 2.24) is 15.2 Å². The number of carboxylic acids is 1. The lowest BCUT2D eigenvalue weighted by molar-refractivity contribution is -0.131. The van der Waals surface area contributed by atoms with Crippen molar-refractivity contribution in [3.8, 4) is 11.4 Å². The molecule has 2 N–H and O–H groups in total. The fraction of sp³-hybridized carbons (Fsp3) is 0.150. The molecule has 0 saturated carbocycles. The van der Waals surface area contributed by atoms with E-state index in [-0.39, 0.29) is 0 Å². The number of rotatable bonds is 8.